The Labute approximate surface area is 101 Å². The minimum absolute atomic E-state index is 0.271. The molecule has 0 aliphatic rings. The number of halogens is 2. The van der Waals surface area contributed by atoms with Crippen LogP contribution in [-0.2, 0) is 6.54 Å². The highest BCUT2D eigenvalue weighted by atomic mass is 79.9. The molecule has 16 heavy (non-hydrogen) atoms. The zero-order valence-electron chi connectivity index (χ0n) is 8.36. The second-order valence-corrected chi connectivity index (χ2v) is 4.43. The van der Waals surface area contributed by atoms with E-state index in [1.807, 2.05) is 10.6 Å². The van der Waals surface area contributed by atoms with Gasteiger partial charge in [-0.1, -0.05) is 15.9 Å². The van der Waals surface area contributed by atoms with Crippen molar-refractivity contribution in [2.45, 2.75) is 6.54 Å². The Kier molecular flexibility index (Phi) is 3.19. The van der Waals surface area contributed by atoms with Crippen LogP contribution < -0.4 is 0 Å². The van der Waals surface area contributed by atoms with Crippen molar-refractivity contribution in [3.63, 3.8) is 0 Å². The highest BCUT2D eigenvalue weighted by Crippen LogP contribution is 2.16. The van der Waals surface area contributed by atoms with Gasteiger partial charge in [-0.05, 0) is 29.8 Å². The maximum absolute atomic E-state index is 13.1. The Hall–Kier alpha value is -1.42. The summed E-state index contributed by atoms with van der Waals surface area (Å²) in [4.78, 5) is 10.5. The summed E-state index contributed by atoms with van der Waals surface area (Å²) < 4.78 is 15.7. The largest absolute Gasteiger partial charge is 0.349 e. The van der Waals surface area contributed by atoms with Crippen LogP contribution >= 0.6 is 15.9 Å². The topological polar surface area (TPSA) is 22.0 Å². The molecule has 4 heteroatoms. The molecule has 0 aliphatic carbocycles. The summed E-state index contributed by atoms with van der Waals surface area (Å²) in [6.45, 7) is 0.546. The summed E-state index contributed by atoms with van der Waals surface area (Å²) in [7, 11) is 0. The minimum Gasteiger partial charge on any atom is -0.349 e. The van der Waals surface area contributed by atoms with Crippen LogP contribution in [0, 0.1) is 5.82 Å². The third-order valence-electron chi connectivity index (χ3n) is 2.20. The van der Waals surface area contributed by atoms with E-state index in [0.29, 0.717) is 16.6 Å². The van der Waals surface area contributed by atoms with E-state index in [4.69, 9.17) is 0 Å². The second kappa shape index (κ2) is 4.61. The fourth-order valence-corrected chi connectivity index (χ4v) is 2.05. The van der Waals surface area contributed by atoms with Crippen molar-refractivity contribution in [2.75, 3.05) is 0 Å². The van der Waals surface area contributed by atoms with E-state index in [-0.39, 0.29) is 5.82 Å². The van der Waals surface area contributed by atoms with Crippen molar-refractivity contribution in [3.8, 4) is 0 Å². The average Bonchev–Trinajstić information content (AvgIpc) is 2.64. The van der Waals surface area contributed by atoms with Crippen molar-refractivity contribution >= 4 is 22.2 Å². The van der Waals surface area contributed by atoms with Crippen LogP contribution in [0.25, 0.3) is 0 Å². The van der Waals surface area contributed by atoms with Gasteiger partial charge >= 0.3 is 0 Å². The highest BCUT2D eigenvalue weighted by molar-refractivity contribution is 9.10. The predicted octanol–water partition coefficient (Wildman–Crippen LogP) is 3.25. The van der Waals surface area contributed by atoms with Gasteiger partial charge in [0.05, 0.1) is 0 Å². The standard InChI is InChI=1S/C12H9BrFNO/c13-11-3-10(4-12(14)5-11)7-15-2-1-9(6-15)8-16/h1-6,8H,7H2. The molecule has 82 valence electrons. The predicted molar refractivity (Wildman–Crippen MR) is 63.0 cm³/mol. The Bertz CT molecular complexity index is 501. The number of carbonyl (C=O) groups is 1. The molecule has 0 spiro atoms. The van der Waals surface area contributed by atoms with E-state index >= 15 is 0 Å². The monoisotopic (exact) mass is 281 g/mol. The molecule has 0 fully saturated rings. The maximum Gasteiger partial charge on any atom is 0.151 e. The smallest absolute Gasteiger partial charge is 0.151 e. The lowest BCUT2D eigenvalue weighted by Crippen LogP contribution is -1.97. The number of hydrogen-bond donors (Lipinski definition) is 0. The number of benzene rings is 1. The van der Waals surface area contributed by atoms with Crippen LogP contribution in [-0.4, -0.2) is 10.9 Å². The first-order chi connectivity index (χ1) is 7.67. The van der Waals surface area contributed by atoms with E-state index in [1.54, 1.807) is 18.5 Å². The molecule has 0 radical (unpaired) electrons. The first-order valence-electron chi connectivity index (χ1n) is 4.73. The van der Waals surface area contributed by atoms with Gasteiger partial charge in [-0.25, -0.2) is 4.39 Å². The lowest BCUT2D eigenvalue weighted by Gasteiger charge is -2.04. The van der Waals surface area contributed by atoms with Gasteiger partial charge in [-0.3, -0.25) is 4.79 Å². The molecule has 2 aromatic rings. The van der Waals surface area contributed by atoms with Crippen molar-refractivity contribution in [2.24, 2.45) is 0 Å². The normalized spacial score (nSPS) is 10.4. The molecule has 0 aliphatic heterocycles. The summed E-state index contributed by atoms with van der Waals surface area (Å²) in [6.07, 6.45) is 4.31. The second-order valence-electron chi connectivity index (χ2n) is 3.51. The van der Waals surface area contributed by atoms with E-state index in [9.17, 15) is 9.18 Å². The van der Waals surface area contributed by atoms with E-state index in [0.717, 1.165) is 11.8 Å². The molecule has 0 bridgehead atoms. The van der Waals surface area contributed by atoms with Crippen molar-refractivity contribution < 1.29 is 9.18 Å². The van der Waals surface area contributed by atoms with Gasteiger partial charge < -0.3 is 4.57 Å². The SMILES string of the molecule is O=Cc1ccn(Cc2cc(F)cc(Br)c2)c1. The third kappa shape index (κ3) is 2.58. The molecular formula is C12H9BrFNO. The lowest BCUT2D eigenvalue weighted by molar-refractivity contribution is 0.112. The van der Waals surface area contributed by atoms with Crippen LogP contribution in [0.2, 0.25) is 0 Å². The molecular weight excluding hydrogens is 273 g/mol. The number of carbonyl (C=O) groups excluding carboxylic acids is 1. The number of rotatable bonds is 3. The van der Waals surface area contributed by atoms with Gasteiger partial charge in [0.2, 0.25) is 0 Å². The highest BCUT2D eigenvalue weighted by Gasteiger charge is 2.01. The van der Waals surface area contributed by atoms with Gasteiger partial charge in [0.1, 0.15) is 5.82 Å². The Morgan fingerprint density at radius 3 is 2.81 bits per heavy atom. The Morgan fingerprint density at radius 2 is 2.19 bits per heavy atom. The fourth-order valence-electron chi connectivity index (χ4n) is 1.54. The molecule has 0 amide bonds. The zero-order chi connectivity index (χ0) is 11.5. The number of aromatic nitrogens is 1. The Morgan fingerprint density at radius 1 is 1.38 bits per heavy atom. The molecule has 0 N–H and O–H groups in total. The van der Waals surface area contributed by atoms with E-state index < -0.39 is 0 Å². The zero-order valence-corrected chi connectivity index (χ0v) is 9.95. The van der Waals surface area contributed by atoms with Gasteiger partial charge in [-0.15, -0.1) is 0 Å². The molecule has 2 rings (SSSR count). The van der Waals surface area contributed by atoms with E-state index in [2.05, 4.69) is 15.9 Å². The summed E-state index contributed by atoms with van der Waals surface area (Å²) >= 11 is 3.24. The van der Waals surface area contributed by atoms with Crippen LogP contribution in [0.1, 0.15) is 15.9 Å². The minimum atomic E-state index is -0.271. The van der Waals surface area contributed by atoms with Gasteiger partial charge in [-0.2, -0.15) is 0 Å². The quantitative estimate of drug-likeness (QED) is 0.792. The van der Waals surface area contributed by atoms with Crippen molar-refractivity contribution in [1.82, 2.24) is 4.57 Å². The molecule has 0 saturated carbocycles. The third-order valence-corrected chi connectivity index (χ3v) is 2.65. The number of nitrogens with zero attached hydrogens (tertiary/aromatic N) is 1. The van der Waals surface area contributed by atoms with E-state index in [1.165, 1.54) is 12.1 Å². The first-order valence-corrected chi connectivity index (χ1v) is 5.52. The first kappa shape index (κ1) is 11.1. The summed E-state index contributed by atoms with van der Waals surface area (Å²) in [5.74, 6) is -0.271. The molecule has 2 nitrogen and oxygen atoms in total. The average molecular weight is 282 g/mol. The summed E-state index contributed by atoms with van der Waals surface area (Å²) in [5.41, 5.74) is 1.47. The molecule has 1 aromatic carbocycles. The van der Waals surface area contributed by atoms with Gasteiger partial charge in [0, 0.05) is 29.0 Å². The summed E-state index contributed by atoms with van der Waals surface area (Å²) in [6, 6.07) is 6.46. The van der Waals surface area contributed by atoms with Crippen LogP contribution in [0.4, 0.5) is 4.39 Å². The van der Waals surface area contributed by atoms with Crippen LogP contribution in [0.15, 0.2) is 41.1 Å². The molecule has 0 saturated heterocycles. The fraction of sp³-hybridized carbons (Fsp3) is 0.0833. The van der Waals surface area contributed by atoms with Crippen molar-refractivity contribution in [1.29, 1.82) is 0 Å². The van der Waals surface area contributed by atoms with Gasteiger partial charge in [0.25, 0.3) is 0 Å². The maximum atomic E-state index is 13.1. The Balaban J connectivity index is 2.22. The van der Waals surface area contributed by atoms with Crippen LogP contribution in [0.5, 0.6) is 0 Å². The van der Waals surface area contributed by atoms with Crippen LogP contribution in [0.3, 0.4) is 0 Å². The molecule has 1 heterocycles. The molecule has 1 aromatic heterocycles. The number of hydrogen-bond acceptors (Lipinski definition) is 1. The van der Waals surface area contributed by atoms with Gasteiger partial charge in [0.15, 0.2) is 6.29 Å². The molecule has 0 unspecified atom stereocenters. The summed E-state index contributed by atoms with van der Waals surface area (Å²) in [5, 5.41) is 0. The van der Waals surface area contributed by atoms with Crippen molar-refractivity contribution in [3.05, 3.63) is 58.1 Å². The number of aldehydes is 1. The molecule has 0 atom stereocenters. The lowest BCUT2D eigenvalue weighted by atomic mass is 10.2.